The largest absolute Gasteiger partial charge is 0.389 e. The van der Waals surface area contributed by atoms with Crippen LogP contribution in [-0.2, 0) is 13.6 Å². The van der Waals surface area contributed by atoms with E-state index in [1.807, 2.05) is 31.7 Å². The maximum Gasteiger partial charge on any atom is 0.389 e. The summed E-state index contributed by atoms with van der Waals surface area (Å²) in [5, 5.41) is 0. The van der Waals surface area contributed by atoms with Gasteiger partial charge in [0.2, 0.25) is 0 Å². The van der Waals surface area contributed by atoms with Gasteiger partial charge in [0, 0.05) is 11.5 Å². The Balaban J connectivity index is 3.84. The molecule has 0 fully saturated rings. The Labute approximate surface area is 107 Å². The van der Waals surface area contributed by atoms with Gasteiger partial charge < -0.3 is 9.05 Å². The quantitative estimate of drug-likeness (QED) is 0.341. The van der Waals surface area contributed by atoms with E-state index in [1.165, 1.54) is 11.4 Å². The van der Waals surface area contributed by atoms with Crippen molar-refractivity contribution in [3.8, 4) is 0 Å². The molecule has 0 aliphatic heterocycles. The Morgan fingerprint density at radius 2 is 1.62 bits per heavy atom. The molecule has 0 aromatic carbocycles. The maximum absolute atomic E-state index is 12.0. The van der Waals surface area contributed by atoms with Crippen LogP contribution in [0.5, 0.6) is 0 Å². The van der Waals surface area contributed by atoms with Gasteiger partial charge in [-0.3, -0.25) is 0 Å². The summed E-state index contributed by atoms with van der Waals surface area (Å²) in [6.07, 6.45) is 4.10. The third-order valence-electron chi connectivity index (χ3n) is 1.49. The van der Waals surface area contributed by atoms with Gasteiger partial charge >= 0.3 is 6.80 Å². The van der Waals surface area contributed by atoms with Gasteiger partial charge in [0.25, 0.3) is 0 Å². The average molecular weight is 284 g/mol. The van der Waals surface area contributed by atoms with Crippen LogP contribution >= 0.6 is 29.9 Å². The van der Waals surface area contributed by atoms with Gasteiger partial charge in [0.1, 0.15) is 0 Å². The summed E-state index contributed by atoms with van der Waals surface area (Å²) >= 11 is 3.11. The molecule has 0 atom stereocenters. The first-order valence-electron chi connectivity index (χ1n) is 5.44. The molecule has 0 aliphatic carbocycles. The van der Waals surface area contributed by atoms with Crippen LogP contribution in [-0.4, -0.2) is 30.5 Å². The minimum Gasteiger partial charge on any atom is -0.301 e. The Morgan fingerprint density at radius 3 is 2.12 bits per heavy atom. The number of hydrogen-bond acceptors (Lipinski definition) is 5. The Bertz CT molecular complexity index is 224. The summed E-state index contributed by atoms with van der Waals surface area (Å²) in [7, 11) is 0. The third kappa shape index (κ3) is 8.71. The van der Waals surface area contributed by atoms with Crippen molar-refractivity contribution in [2.75, 3.05) is 30.5 Å². The number of rotatable bonds is 10. The zero-order chi connectivity index (χ0) is 12.3. The Hall–Kier alpha value is 0.590. The predicted octanol–water partition coefficient (Wildman–Crippen LogP) is 4.21. The van der Waals surface area contributed by atoms with Crippen LogP contribution in [0, 0.1) is 0 Å². The normalized spacial score (nSPS) is 12.4. The zero-order valence-corrected chi connectivity index (χ0v) is 12.7. The SMILES string of the molecule is CCOP(=O)(OCC)SC/C=C/CSCC. The Kier molecular flexibility index (Phi) is 11.1. The number of thioether (sulfide) groups is 1. The van der Waals surface area contributed by atoms with Gasteiger partial charge in [-0.1, -0.05) is 19.1 Å². The Morgan fingerprint density at radius 1 is 1.06 bits per heavy atom. The van der Waals surface area contributed by atoms with E-state index in [0.29, 0.717) is 19.0 Å². The maximum atomic E-state index is 12.0. The fourth-order valence-electron chi connectivity index (χ4n) is 0.884. The second-order valence-electron chi connectivity index (χ2n) is 2.71. The monoisotopic (exact) mass is 284 g/mol. The standard InChI is InChI=1S/C10H21O3PS2/c1-4-12-14(11,13-5-2)16-10-8-7-9-15-6-3/h7-8H,4-6,9-10H2,1-3H3/b8-7+. The van der Waals surface area contributed by atoms with Crippen LogP contribution in [0.1, 0.15) is 20.8 Å². The minimum absolute atomic E-state index is 0.416. The van der Waals surface area contributed by atoms with E-state index in [4.69, 9.17) is 9.05 Å². The first-order chi connectivity index (χ1) is 7.68. The number of hydrogen-bond donors (Lipinski definition) is 0. The van der Waals surface area contributed by atoms with Gasteiger partial charge in [-0.2, -0.15) is 11.8 Å². The lowest BCUT2D eigenvalue weighted by molar-refractivity contribution is 0.237. The molecule has 0 spiro atoms. The molecule has 0 bridgehead atoms. The van der Waals surface area contributed by atoms with Crippen molar-refractivity contribution in [1.82, 2.24) is 0 Å². The summed E-state index contributed by atoms with van der Waals surface area (Å²) in [6.45, 7) is 3.69. The molecule has 0 amide bonds. The van der Waals surface area contributed by atoms with Crippen LogP contribution in [0.4, 0.5) is 0 Å². The van der Waals surface area contributed by atoms with Crippen molar-refractivity contribution in [2.45, 2.75) is 20.8 Å². The van der Waals surface area contributed by atoms with E-state index < -0.39 is 6.80 Å². The van der Waals surface area contributed by atoms with Crippen molar-refractivity contribution in [1.29, 1.82) is 0 Å². The van der Waals surface area contributed by atoms with Crippen molar-refractivity contribution in [3.05, 3.63) is 12.2 Å². The molecule has 3 nitrogen and oxygen atoms in total. The lowest BCUT2D eigenvalue weighted by Crippen LogP contribution is -1.92. The van der Waals surface area contributed by atoms with Crippen LogP contribution < -0.4 is 0 Å². The summed E-state index contributed by atoms with van der Waals surface area (Å²) in [5.41, 5.74) is 0. The highest BCUT2D eigenvalue weighted by atomic mass is 32.7. The highest BCUT2D eigenvalue weighted by Gasteiger charge is 2.23. The molecule has 16 heavy (non-hydrogen) atoms. The minimum atomic E-state index is -2.92. The molecule has 0 aromatic heterocycles. The highest BCUT2D eigenvalue weighted by Crippen LogP contribution is 2.60. The summed E-state index contributed by atoms with van der Waals surface area (Å²) < 4.78 is 22.3. The van der Waals surface area contributed by atoms with Crippen LogP contribution in [0.2, 0.25) is 0 Å². The predicted molar refractivity (Wildman–Crippen MR) is 75.5 cm³/mol. The van der Waals surface area contributed by atoms with Crippen molar-refractivity contribution >= 4 is 29.9 Å². The van der Waals surface area contributed by atoms with Gasteiger partial charge in [0.05, 0.1) is 13.2 Å². The fourth-order valence-corrected chi connectivity index (χ4v) is 4.54. The lowest BCUT2D eigenvalue weighted by atomic mass is 10.6. The van der Waals surface area contributed by atoms with Crippen molar-refractivity contribution < 1.29 is 13.6 Å². The molecule has 0 saturated heterocycles. The van der Waals surface area contributed by atoms with Gasteiger partial charge in [-0.25, -0.2) is 4.57 Å². The van der Waals surface area contributed by atoms with E-state index in [-0.39, 0.29) is 0 Å². The molecular weight excluding hydrogens is 263 g/mol. The van der Waals surface area contributed by atoms with Crippen LogP contribution in [0.15, 0.2) is 12.2 Å². The third-order valence-corrected chi connectivity index (χ3v) is 6.16. The molecule has 0 heterocycles. The molecule has 96 valence electrons. The topological polar surface area (TPSA) is 35.5 Å². The van der Waals surface area contributed by atoms with Crippen molar-refractivity contribution in [3.63, 3.8) is 0 Å². The first kappa shape index (κ1) is 16.6. The van der Waals surface area contributed by atoms with Gasteiger partial charge in [0.15, 0.2) is 0 Å². The van der Waals surface area contributed by atoms with E-state index in [0.717, 1.165) is 11.5 Å². The smallest absolute Gasteiger partial charge is 0.301 e. The molecular formula is C10H21O3PS2. The summed E-state index contributed by atoms with van der Waals surface area (Å²) in [6, 6.07) is 0. The van der Waals surface area contributed by atoms with Crippen LogP contribution in [0.25, 0.3) is 0 Å². The summed E-state index contributed by atoms with van der Waals surface area (Å²) in [4.78, 5) is 0. The van der Waals surface area contributed by atoms with E-state index >= 15 is 0 Å². The van der Waals surface area contributed by atoms with E-state index in [2.05, 4.69) is 13.0 Å². The highest BCUT2D eigenvalue weighted by molar-refractivity contribution is 8.55. The molecule has 0 aliphatic rings. The average Bonchev–Trinajstić information content (AvgIpc) is 2.24. The molecule has 6 heteroatoms. The molecule has 0 N–H and O–H groups in total. The molecule has 0 rings (SSSR count). The van der Waals surface area contributed by atoms with Gasteiger partial charge in [-0.15, -0.1) is 0 Å². The van der Waals surface area contributed by atoms with E-state index in [9.17, 15) is 4.57 Å². The van der Waals surface area contributed by atoms with Crippen LogP contribution in [0.3, 0.4) is 0 Å². The second kappa shape index (κ2) is 10.7. The first-order valence-corrected chi connectivity index (χ1v) is 9.73. The molecule has 0 unspecified atom stereocenters. The molecule has 0 radical (unpaired) electrons. The second-order valence-corrected chi connectivity index (χ2v) is 8.15. The van der Waals surface area contributed by atoms with Gasteiger partial charge in [-0.05, 0) is 31.0 Å². The lowest BCUT2D eigenvalue weighted by Gasteiger charge is -2.14. The van der Waals surface area contributed by atoms with Crippen molar-refractivity contribution in [2.24, 2.45) is 0 Å². The van der Waals surface area contributed by atoms with E-state index in [1.54, 1.807) is 0 Å². The zero-order valence-electron chi connectivity index (χ0n) is 10.2. The molecule has 0 aromatic rings. The fraction of sp³-hybridized carbons (Fsp3) is 0.800. The molecule has 0 saturated carbocycles. The summed E-state index contributed by atoms with van der Waals surface area (Å²) in [5.74, 6) is 2.79.